The highest BCUT2D eigenvalue weighted by molar-refractivity contribution is 5.74. The molecule has 5 N–H and O–H groups in total. The van der Waals surface area contributed by atoms with E-state index in [9.17, 15) is 25.2 Å². The molecule has 0 aromatic heterocycles. The summed E-state index contributed by atoms with van der Waals surface area (Å²) in [6.45, 7) is 1.92. The minimum Gasteiger partial charge on any atom is -0.394 e. The highest BCUT2D eigenvalue weighted by Crippen LogP contribution is 2.18. The lowest BCUT2D eigenvalue weighted by molar-refractivity contribution is -0.132. The third-order valence-corrected chi connectivity index (χ3v) is 3.18. The molecule has 0 aromatic carbocycles. The van der Waals surface area contributed by atoms with Gasteiger partial charge in [0.25, 0.3) is 0 Å². The van der Waals surface area contributed by atoms with Crippen LogP contribution in [0.1, 0.15) is 19.8 Å². The minimum atomic E-state index is -1.35. The molecule has 0 radical (unpaired) electrons. The van der Waals surface area contributed by atoms with E-state index >= 15 is 0 Å². The average molecular weight is 262 g/mol. The number of likely N-dealkylation sites (tertiary alicyclic amines) is 1. The molecular formula is C11H22N2O5. The zero-order chi connectivity index (χ0) is 13.7. The molecule has 0 aromatic rings. The van der Waals surface area contributed by atoms with E-state index < -0.39 is 37.0 Å². The molecule has 1 fully saturated rings. The van der Waals surface area contributed by atoms with Gasteiger partial charge in [0, 0.05) is 6.54 Å². The van der Waals surface area contributed by atoms with Crippen molar-refractivity contribution in [2.45, 2.75) is 44.1 Å². The maximum atomic E-state index is 11.8. The number of carbonyl (C=O) groups is 1. The molecule has 0 spiro atoms. The van der Waals surface area contributed by atoms with Crippen molar-refractivity contribution in [1.82, 2.24) is 10.2 Å². The first kappa shape index (κ1) is 15.2. The Morgan fingerprint density at radius 1 is 1.33 bits per heavy atom. The van der Waals surface area contributed by atoms with Gasteiger partial charge in [-0.15, -0.1) is 0 Å². The monoisotopic (exact) mass is 262 g/mol. The first-order valence-electron chi connectivity index (χ1n) is 6.22. The summed E-state index contributed by atoms with van der Waals surface area (Å²) in [5, 5.41) is 40.6. The molecule has 1 saturated heterocycles. The Hall–Kier alpha value is -0.890. The van der Waals surface area contributed by atoms with Crippen molar-refractivity contribution in [3.8, 4) is 0 Å². The number of hydrogen-bond acceptors (Lipinski definition) is 5. The highest BCUT2D eigenvalue weighted by atomic mass is 16.4. The van der Waals surface area contributed by atoms with Gasteiger partial charge in [0.15, 0.2) is 0 Å². The van der Waals surface area contributed by atoms with Crippen LogP contribution in [0.4, 0.5) is 4.79 Å². The van der Waals surface area contributed by atoms with Gasteiger partial charge in [0.1, 0.15) is 18.3 Å². The number of nitrogens with one attached hydrogen (secondary N) is 1. The van der Waals surface area contributed by atoms with Crippen LogP contribution in [0.2, 0.25) is 0 Å². The van der Waals surface area contributed by atoms with Crippen LogP contribution in [0.25, 0.3) is 0 Å². The molecule has 106 valence electrons. The Balaban J connectivity index is 2.63. The number of β-amino-alcohol motifs (C(OH)–C–C–N with tert-alkyl or cyclic N) is 1. The summed E-state index contributed by atoms with van der Waals surface area (Å²) in [7, 11) is 0. The lowest BCUT2D eigenvalue weighted by Gasteiger charge is -2.42. The number of carbonyl (C=O) groups excluding carboxylic acids is 1. The molecule has 7 nitrogen and oxygen atoms in total. The van der Waals surface area contributed by atoms with Crippen LogP contribution in [0.3, 0.4) is 0 Å². The van der Waals surface area contributed by atoms with Gasteiger partial charge in [-0.1, -0.05) is 13.3 Å². The van der Waals surface area contributed by atoms with Gasteiger partial charge in [0.2, 0.25) is 0 Å². The van der Waals surface area contributed by atoms with E-state index in [0.717, 1.165) is 17.7 Å². The van der Waals surface area contributed by atoms with Crippen LogP contribution in [-0.4, -0.2) is 75.4 Å². The predicted octanol–water partition coefficient (Wildman–Crippen LogP) is -1.74. The van der Waals surface area contributed by atoms with Crippen LogP contribution in [-0.2, 0) is 0 Å². The van der Waals surface area contributed by atoms with Gasteiger partial charge in [0.05, 0.1) is 19.2 Å². The molecule has 2 amide bonds. The second-order valence-corrected chi connectivity index (χ2v) is 4.54. The second kappa shape index (κ2) is 6.89. The highest BCUT2D eigenvalue weighted by Gasteiger charge is 2.42. The number of hydrogen-bond donors (Lipinski definition) is 5. The third kappa shape index (κ3) is 3.32. The average Bonchev–Trinajstić information content (AvgIpc) is 2.35. The Morgan fingerprint density at radius 2 is 2.00 bits per heavy atom. The lowest BCUT2D eigenvalue weighted by atomic mass is 9.94. The molecule has 7 heteroatoms. The van der Waals surface area contributed by atoms with Crippen molar-refractivity contribution in [3.05, 3.63) is 0 Å². The second-order valence-electron chi connectivity index (χ2n) is 4.54. The summed E-state index contributed by atoms with van der Waals surface area (Å²) in [6, 6.07) is -1.35. The standard InChI is InChI=1S/C11H22N2O5/c1-2-3-4-12-11(18)13-5-8(15)10(17)9(16)7(13)6-14/h7-10,14-17H,2-6H2,1H3,(H,12,18)/t7-,8+,9-,10-/m1/s1. The number of unbranched alkanes of at least 4 members (excludes halogenated alkanes) is 1. The Bertz CT molecular complexity index is 276. The van der Waals surface area contributed by atoms with Crippen LogP contribution >= 0.6 is 0 Å². The fraction of sp³-hybridized carbons (Fsp3) is 0.909. The van der Waals surface area contributed by atoms with Crippen LogP contribution in [0, 0.1) is 0 Å². The van der Waals surface area contributed by atoms with E-state index in [1.54, 1.807) is 0 Å². The first-order valence-corrected chi connectivity index (χ1v) is 6.22. The van der Waals surface area contributed by atoms with Crippen LogP contribution < -0.4 is 5.32 Å². The molecule has 0 unspecified atom stereocenters. The van der Waals surface area contributed by atoms with Crippen molar-refractivity contribution in [2.75, 3.05) is 19.7 Å². The normalized spacial score (nSPS) is 32.4. The first-order chi connectivity index (χ1) is 8.52. The molecule has 0 saturated carbocycles. The molecule has 18 heavy (non-hydrogen) atoms. The number of piperidine rings is 1. The summed E-state index contributed by atoms with van der Waals surface area (Å²) < 4.78 is 0. The zero-order valence-electron chi connectivity index (χ0n) is 10.5. The van der Waals surface area contributed by atoms with E-state index in [1.165, 1.54) is 0 Å². The van der Waals surface area contributed by atoms with E-state index in [2.05, 4.69) is 5.32 Å². The molecule has 1 heterocycles. The minimum absolute atomic E-state index is 0.110. The van der Waals surface area contributed by atoms with Crippen molar-refractivity contribution in [2.24, 2.45) is 0 Å². The fourth-order valence-corrected chi connectivity index (χ4v) is 2.00. The van der Waals surface area contributed by atoms with Gasteiger partial charge in [-0.2, -0.15) is 0 Å². The number of aliphatic hydroxyl groups is 4. The Labute approximate surface area is 106 Å². The molecule has 0 aliphatic carbocycles. The van der Waals surface area contributed by atoms with Gasteiger partial charge < -0.3 is 30.6 Å². The molecule has 1 aliphatic heterocycles. The summed E-state index contributed by atoms with van der Waals surface area (Å²) >= 11 is 0. The molecular weight excluding hydrogens is 240 g/mol. The summed E-state index contributed by atoms with van der Waals surface area (Å²) in [4.78, 5) is 13.0. The van der Waals surface area contributed by atoms with E-state index in [0.29, 0.717) is 6.54 Å². The molecule has 4 atom stereocenters. The van der Waals surface area contributed by atoms with Crippen LogP contribution in [0.15, 0.2) is 0 Å². The van der Waals surface area contributed by atoms with Crippen molar-refractivity contribution in [3.63, 3.8) is 0 Å². The predicted molar refractivity (Wildman–Crippen MR) is 63.9 cm³/mol. The SMILES string of the molecule is CCCCNC(=O)N1C[C@H](O)[C@@H](O)[C@H](O)[C@H]1CO. The largest absolute Gasteiger partial charge is 0.394 e. The molecule has 1 rings (SSSR count). The van der Waals surface area contributed by atoms with E-state index in [1.807, 2.05) is 6.92 Å². The van der Waals surface area contributed by atoms with E-state index in [-0.39, 0.29) is 6.54 Å². The van der Waals surface area contributed by atoms with E-state index in [4.69, 9.17) is 0 Å². The van der Waals surface area contributed by atoms with Gasteiger partial charge in [-0.05, 0) is 6.42 Å². The lowest BCUT2D eigenvalue weighted by Crippen LogP contribution is -2.65. The number of amides is 2. The van der Waals surface area contributed by atoms with Crippen molar-refractivity contribution in [1.29, 1.82) is 0 Å². The summed E-state index contributed by atoms with van der Waals surface area (Å²) in [6.07, 6.45) is -2.14. The zero-order valence-corrected chi connectivity index (χ0v) is 10.5. The molecule has 0 bridgehead atoms. The van der Waals surface area contributed by atoms with Gasteiger partial charge in [-0.25, -0.2) is 4.79 Å². The Kier molecular flexibility index (Phi) is 5.80. The number of rotatable bonds is 4. The topological polar surface area (TPSA) is 113 Å². The smallest absolute Gasteiger partial charge is 0.317 e. The number of aliphatic hydroxyl groups excluding tert-OH is 4. The number of nitrogens with zero attached hydrogens (tertiary/aromatic N) is 1. The fourth-order valence-electron chi connectivity index (χ4n) is 2.00. The number of urea groups is 1. The Morgan fingerprint density at radius 3 is 2.56 bits per heavy atom. The van der Waals surface area contributed by atoms with Gasteiger partial charge >= 0.3 is 6.03 Å². The van der Waals surface area contributed by atoms with Crippen LogP contribution in [0.5, 0.6) is 0 Å². The quantitative estimate of drug-likeness (QED) is 0.386. The summed E-state index contributed by atoms with van der Waals surface area (Å²) in [5.41, 5.74) is 0. The maximum Gasteiger partial charge on any atom is 0.317 e. The third-order valence-electron chi connectivity index (χ3n) is 3.18. The molecule has 1 aliphatic rings. The maximum absolute atomic E-state index is 11.8. The van der Waals surface area contributed by atoms with Gasteiger partial charge in [-0.3, -0.25) is 0 Å². The summed E-state index contributed by atoms with van der Waals surface area (Å²) in [5.74, 6) is 0. The van der Waals surface area contributed by atoms with Crippen molar-refractivity contribution >= 4 is 6.03 Å². The van der Waals surface area contributed by atoms with Crippen molar-refractivity contribution < 1.29 is 25.2 Å².